The number of anilines is 1. The first-order valence-electron chi connectivity index (χ1n) is 7.14. The Bertz CT molecular complexity index is 457. The number of aromatic nitrogens is 2. The average molecular weight is 262 g/mol. The minimum absolute atomic E-state index is 0.666. The van der Waals surface area contributed by atoms with Gasteiger partial charge in [0.15, 0.2) is 0 Å². The first-order valence-corrected chi connectivity index (χ1v) is 7.14. The second-order valence-electron chi connectivity index (χ2n) is 5.62. The molecule has 2 N–H and O–H groups in total. The van der Waals surface area contributed by atoms with Crippen LogP contribution in [0.3, 0.4) is 0 Å². The van der Waals surface area contributed by atoms with Crippen LogP contribution in [0.1, 0.15) is 29.9 Å². The Morgan fingerprint density at radius 2 is 2.11 bits per heavy atom. The van der Waals surface area contributed by atoms with Crippen molar-refractivity contribution in [2.24, 2.45) is 5.92 Å². The Morgan fingerprint density at radius 1 is 1.32 bits per heavy atom. The van der Waals surface area contributed by atoms with Crippen LogP contribution in [0.4, 0.5) is 5.82 Å². The van der Waals surface area contributed by atoms with Crippen LogP contribution in [0, 0.1) is 12.8 Å². The van der Waals surface area contributed by atoms with Gasteiger partial charge in [-0.05, 0) is 25.7 Å². The van der Waals surface area contributed by atoms with Crippen molar-refractivity contribution in [3.8, 4) is 0 Å². The molecule has 0 radical (unpaired) electrons. The van der Waals surface area contributed by atoms with Crippen molar-refractivity contribution in [2.75, 3.05) is 32.0 Å². The van der Waals surface area contributed by atoms with Crippen LogP contribution in [0.25, 0.3) is 0 Å². The highest BCUT2D eigenvalue weighted by molar-refractivity contribution is 5.43. The van der Waals surface area contributed by atoms with E-state index in [0.29, 0.717) is 5.82 Å². The van der Waals surface area contributed by atoms with E-state index in [9.17, 15) is 0 Å². The topological polar surface area (TPSA) is 64.3 Å². The molecule has 5 nitrogen and oxygen atoms in total. The Labute approximate surface area is 114 Å². The molecule has 104 valence electrons. The molecule has 0 aromatic carbocycles. The fraction of sp³-hybridized carbons (Fsp3) is 0.714. The molecule has 1 saturated heterocycles. The molecule has 1 fully saturated rings. The molecule has 0 saturated carbocycles. The molecule has 2 aliphatic heterocycles. The number of nitrogens with two attached hydrogens (primary N) is 1. The van der Waals surface area contributed by atoms with Crippen molar-refractivity contribution in [3.63, 3.8) is 0 Å². The number of ether oxygens (including phenoxy) is 1. The predicted molar refractivity (Wildman–Crippen MR) is 73.7 cm³/mol. The zero-order valence-electron chi connectivity index (χ0n) is 11.6. The molecule has 5 heteroatoms. The van der Waals surface area contributed by atoms with Crippen LogP contribution in [0.5, 0.6) is 0 Å². The number of aryl methyl sites for hydroxylation is 1. The van der Waals surface area contributed by atoms with Gasteiger partial charge in [0.1, 0.15) is 11.6 Å². The van der Waals surface area contributed by atoms with Gasteiger partial charge in [0.2, 0.25) is 0 Å². The molecule has 0 unspecified atom stereocenters. The molecular formula is C14H22N4O. The summed E-state index contributed by atoms with van der Waals surface area (Å²) in [6.45, 7) is 6.87. The van der Waals surface area contributed by atoms with Gasteiger partial charge < -0.3 is 10.5 Å². The summed E-state index contributed by atoms with van der Waals surface area (Å²) in [4.78, 5) is 11.3. The highest BCUT2D eigenvalue weighted by Gasteiger charge is 2.24. The average Bonchev–Trinajstić information content (AvgIpc) is 2.40. The first-order chi connectivity index (χ1) is 9.22. The smallest absolute Gasteiger partial charge is 0.131 e. The summed E-state index contributed by atoms with van der Waals surface area (Å²) < 4.78 is 5.42. The lowest BCUT2D eigenvalue weighted by Gasteiger charge is -2.33. The van der Waals surface area contributed by atoms with Crippen LogP contribution in [-0.2, 0) is 17.7 Å². The van der Waals surface area contributed by atoms with E-state index in [1.165, 1.54) is 12.8 Å². The van der Waals surface area contributed by atoms with Gasteiger partial charge in [0, 0.05) is 44.8 Å². The zero-order valence-corrected chi connectivity index (χ0v) is 11.6. The number of hydrogen-bond acceptors (Lipinski definition) is 5. The van der Waals surface area contributed by atoms with E-state index in [4.69, 9.17) is 10.5 Å². The lowest BCUT2D eigenvalue weighted by Crippen LogP contribution is -2.37. The molecule has 2 aliphatic rings. The van der Waals surface area contributed by atoms with Crippen molar-refractivity contribution in [1.82, 2.24) is 14.9 Å². The monoisotopic (exact) mass is 262 g/mol. The molecular weight excluding hydrogens is 240 g/mol. The quantitative estimate of drug-likeness (QED) is 0.866. The van der Waals surface area contributed by atoms with E-state index in [-0.39, 0.29) is 0 Å². The maximum Gasteiger partial charge on any atom is 0.131 e. The Balaban J connectivity index is 1.68. The van der Waals surface area contributed by atoms with Crippen molar-refractivity contribution >= 4 is 5.82 Å². The molecule has 0 bridgehead atoms. The molecule has 1 aromatic heterocycles. The van der Waals surface area contributed by atoms with Gasteiger partial charge in [-0.2, -0.15) is 0 Å². The highest BCUT2D eigenvalue weighted by Crippen LogP contribution is 2.24. The van der Waals surface area contributed by atoms with Crippen LogP contribution in [0.2, 0.25) is 0 Å². The Kier molecular flexibility index (Phi) is 3.66. The van der Waals surface area contributed by atoms with Gasteiger partial charge in [0.05, 0.1) is 5.69 Å². The van der Waals surface area contributed by atoms with Crippen LogP contribution >= 0.6 is 0 Å². The zero-order chi connectivity index (χ0) is 13.2. The van der Waals surface area contributed by atoms with E-state index in [2.05, 4.69) is 14.9 Å². The minimum atomic E-state index is 0.666. The van der Waals surface area contributed by atoms with E-state index in [1.54, 1.807) is 0 Å². The first kappa shape index (κ1) is 12.8. The molecule has 0 atom stereocenters. The fourth-order valence-electron chi connectivity index (χ4n) is 3.07. The number of hydrogen-bond donors (Lipinski definition) is 1. The van der Waals surface area contributed by atoms with Crippen molar-refractivity contribution in [1.29, 1.82) is 0 Å². The molecule has 19 heavy (non-hydrogen) atoms. The molecule has 3 rings (SSSR count). The Hall–Kier alpha value is -1.20. The fourth-order valence-corrected chi connectivity index (χ4v) is 3.07. The molecule has 0 amide bonds. The van der Waals surface area contributed by atoms with Crippen molar-refractivity contribution in [3.05, 3.63) is 17.1 Å². The van der Waals surface area contributed by atoms with Gasteiger partial charge >= 0.3 is 0 Å². The Morgan fingerprint density at radius 3 is 2.89 bits per heavy atom. The number of nitrogen functional groups attached to an aromatic ring is 1. The van der Waals surface area contributed by atoms with Gasteiger partial charge in [-0.3, -0.25) is 4.90 Å². The van der Waals surface area contributed by atoms with Gasteiger partial charge in [0.25, 0.3) is 0 Å². The summed E-state index contributed by atoms with van der Waals surface area (Å²) in [6, 6.07) is 0. The van der Waals surface area contributed by atoms with Gasteiger partial charge in [-0.15, -0.1) is 0 Å². The number of fused-ring (bicyclic) bond motifs is 1. The van der Waals surface area contributed by atoms with E-state index < -0.39 is 0 Å². The normalized spacial score (nSPS) is 21.3. The standard InChI is InChI=1S/C14H22N4O/c1-10-16-13-2-5-18(9-12(13)14(15)17-10)8-11-3-6-19-7-4-11/h11H,2-9H2,1H3,(H2,15,16,17). The summed E-state index contributed by atoms with van der Waals surface area (Å²) in [5, 5.41) is 0. The SMILES string of the molecule is Cc1nc(N)c2c(n1)CCN(CC1CCOCC1)C2. The molecule has 0 aliphatic carbocycles. The van der Waals surface area contributed by atoms with Crippen LogP contribution in [-0.4, -0.2) is 41.2 Å². The van der Waals surface area contributed by atoms with Crippen molar-refractivity contribution in [2.45, 2.75) is 32.7 Å². The minimum Gasteiger partial charge on any atom is -0.383 e. The number of rotatable bonds is 2. The number of nitrogens with zero attached hydrogens (tertiary/aromatic N) is 3. The van der Waals surface area contributed by atoms with Crippen LogP contribution < -0.4 is 5.73 Å². The molecule has 1 aromatic rings. The molecule has 0 spiro atoms. The lowest BCUT2D eigenvalue weighted by molar-refractivity contribution is 0.0505. The van der Waals surface area contributed by atoms with E-state index in [0.717, 1.165) is 62.3 Å². The maximum atomic E-state index is 6.04. The van der Waals surface area contributed by atoms with Crippen molar-refractivity contribution < 1.29 is 4.74 Å². The van der Waals surface area contributed by atoms with Crippen LogP contribution in [0.15, 0.2) is 0 Å². The third-order valence-corrected chi connectivity index (χ3v) is 4.14. The second-order valence-corrected chi connectivity index (χ2v) is 5.62. The summed E-state index contributed by atoms with van der Waals surface area (Å²) in [5.41, 5.74) is 8.33. The van der Waals surface area contributed by atoms with Gasteiger partial charge in [-0.1, -0.05) is 0 Å². The summed E-state index contributed by atoms with van der Waals surface area (Å²) in [7, 11) is 0. The molecule has 3 heterocycles. The van der Waals surface area contributed by atoms with E-state index in [1.807, 2.05) is 6.92 Å². The predicted octanol–water partition coefficient (Wildman–Crippen LogP) is 1.15. The summed E-state index contributed by atoms with van der Waals surface area (Å²) >= 11 is 0. The third kappa shape index (κ3) is 2.87. The summed E-state index contributed by atoms with van der Waals surface area (Å²) in [5.74, 6) is 2.22. The van der Waals surface area contributed by atoms with Gasteiger partial charge in [-0.25, -0.2) is 9.97 Å². The second kappa shape index (κ2) is 5.43. The highest BCUT2D eigenvalue weighted by atomic mass is 16.5. The largest absolute Gasteiger partial charge is 0.383 e. The lowest BCUT2D eigenvalue weighted by atomic mass is 9.97. The van der Waals surface area contributed by atoms with E-state index >= 15 is 0 Å². The summed E-state index contributed by atoms with van der Waals surface area (Å²) in [6.07, 6.45) is 3.36. The maximum absolute atomic E-state index is 6.04. The third-order valence-electron chi connectivity index (χ3n) is 4.14.